The van der Waals surface area contributed by atoms with Crippen LogP contribution in [-0.2, 0) is 0 Å². The molecule has 0 fully saturated rings. The molecule has 0 saturated carbocycles. The van der Waals surface area contributed by atoms with E-state index in [1.54, 1.807) is 19.1 Å². The number of nitrogens with zero attached hydrogens (tertiary/aromatic N) is 5. The second kappa shape index (κ2) is 5.48. The van der Waals surface area contributed by atoms with E-state index in [-0.39, 0.29) is 5.69 Å². The van der Waals surface area contributed by atoms with E-state index in [1.807, 2.05) is 0 Å². The molecule has 0 saturated heterocycles. The Morgan fingerprint density at radius 1 is 1.36 bits per heavy atom. The van der Waals surface area contributed by atoms with Crippen LogP contribution >= 0.6 is 11.8 Å². The molecule has 0 aliphatic carbocycles. The molecule has 0 aromatic carbocycles. The van der Waals surface area contributed by atoms with E-state index in [1.165, 1.54) is 23.1 Å². The molecule has 0 aliphatic rings. The van der Waals surface area contributed by atoms with Crippen molar-refractivity contribution in [3.05, 3.63) is 46.3 Å². The fraction of sp³-hybridized carbons (Fsp3) is 0.0833. The summed E-state index contributed by atoms with van der Waals surface area (Å²) in [5, 5.41) is 19.6. The van der Waals surface area contributed by atoms with Gasteiger partial charge in [0, 0.05) is 6.07 Å². The van der Waals surface area contributed by atoms with Crippen LogP contribution in [0.4, 0.5) is 5.69 Å². The molecule has 2 N–H and O–H groups in total. The van der Waals surface area contributed by atoms with E-state index in [4.69, 9.17) is 10.3 Å². The van der Waals surface area contributed by atoms with E-state index in [0.717, 1.165) is 11.8 Å². The predicted octanol–water partition coefficient (Wildman–Crippen LogP) is 2.01. The fourth-order valence-electron chi connectivity index (χ4n) is 1.79. The van der Waals surface area contributed by atoms with Gasteiger partial charge < -0.3 is 10.3 Å². The minimum absolute atomic E-state index is 0.0326. The molecule has 22 heavy (non-hydrogen) atoms. The monoisotopic (exact) mass is 318 g/mol. The lowest BCUT2D eigenvalue weighted by atomic mass is 10.3. The normalized spacial score (nSPS) is 10.8. The molecule has 0 bridgehead atoms. The summed E-state index contributed by atoms with van der Waals surface area (Å²) in [5.74, 6) is 6.81. The van der Waals surface area contributed by atoms with Crippen LogP contribution in [0.5, 0.6) is 0 Å². The number of furan rings is 1. The van der Waals surface area contributed by atoms with Gasteiger partial charge in [-0.25, -0.2) is 9.66 Å². The highest BCUT2D eigenvalue weighted by Gasteiger charge is 2.17. The number of nitrogens with two attached hydrogens (primary N) is 1. The largest absolute Gasteiger partial charge is 0.461 e. The molecule has 9 nitrogen and oxygen atoms in total. The van der Waals surface area contributed by atoms with Gasteiger partial charge >= 0.3 is 0 Å². The van der Waals surface area contributed by atoms with Crippen molar-refractivity contribution in [3.8, 4) is 11.6 Å². The van der Waals surface area contributed by atoms with Crippen molar-refractivity contribution in [3.63, 3.8) is 0 Å². The molecule has 0 spiro atoms. The molecule has 10 heteroatoms. The third-order valence-corrected chi connectivity index (χ3v) is 3.73. The van der Waals surface area contributed by atoms with Crippen molar-refractivity contribution in [2.75, 3.05) is 5.84 Å². The molecule has 0 atom stereocenters. The number of aromatic nitrogens is 4. The number of pyridine rings is 1. The SMILES string of the molecule is Cc1nc(Sc2nnc(-c3ccco3)n2N)ccc1[N+](=O)[O-]. The van der Waals surface area contributed by atoms with Gasteiger partial charge in [-0.3, -0.25) is 10.1 Å². The van der Waals surface area contributed by atoms with Gasteiger partial charge in [0.25, 0.3) is 5.69 Å². The predicted molar refractivity (Wildman–Crippen MR) is 77.6 cm³/mol. The Morgan fingerprint density at radius 3 is 2.82 bits per heavy atom. The molecule has 3 aromatic heterocycles. The van der Waals surface area contributed by atoms with Crippen LogP contribution in [-0.4, -0.2) is 24.8 Å². The highest BCUT2D eigenvalue weighted by molar-refractivity contribution is 7.99. The average Bonchev–Trinajstić information content (AvgIpc) is 3.09. The van der Waals surface area contributed by atoms with E-state index in [9.17, 15) is 10.1 Å². The molecule has 0 unspecified atom stereocenters. The maximum Gasteiger partial charge on any atom is 0.290 e. The van der Waals surface area contributed by atoms with Crippen LogP contribution in [0, 0.1) is 17.0 Å². The first-order valence-electron chi connectivity index (χ1n) is 6.10. The van der Waals surface area contributed by atoms with Crippen LogP contribution in [0.2, 0.25) is 0 Å². The first-order valence-corrected chi connectivity index (χ1v) is 6.92. The molecular weight excluding hydrogens is 308 g/mol. The Labute approximate surface area is 128 Å². The Bertz CT molecular complexity index is 830. The lowest BCUT2D eigenvalue weighted by Crippen LogP contribution is -2.11. The van der Waals surface area contributed by atoms with Crippen molar-refractivity contribution in [2.24, 2.45) is 0 Å². The van der Waals surface area contributed by atoms with Crippen molar-refractivity contribution in [1.29, 1.82) is 0 Å². The number of nitrogen functional groups attached to an aromatic ring is 1. The van der Waals surface area contributed by atoms with Gasteiger partial charge in [0.15, 0.2) is 5.76 Å². The minimum atomic E-state index is -0.475. The van der Waals surface area contributed by atoms with Gasteiger partial charge in [-0.1, -0.05) is 0 Å². The lowest BCUT2D eigenvalue weighted by molar-refractivity contribution is -0.385. The first kappa shape index (κ1) is 14.1. The number of aryl methyl sites for hydroxylation is 1. The van der Waals surface area contributed by atoms with Gasteiger partial charge in [-0.2, -0.15) is 0 Å². The maximum absolute atomic E-state index is 10.8. The van der Waals surface area contributed by atoms with Gasteiger partial charge in [-0.05, 0) is 36.9 Å². The Kier molecular flexibility index (Phi) is 3.51. The maximum atomic E-state index is 10.8. The summed E-state index contributed by atoms with van der Waals surface area (Å²) in [6, 6.07) is 6.38. The van der Waals surface area contributed by atoms with E-state index in [2.05, 4.69) is 15.2 Å². The zero-order valence-electron chi connectivity index (χ0n) is 11.3. The lowest BCUT2D eigenvalue weighted by Gasteiger charge is -2.03. The third-order valence-electron chi connectivity index (χ3n) is 2.83. The van der Waals surface area contributed by atoms with Crippen molar-refractivity contribution < 1.29 is 9.34 Å². The fourth-order valence-corrected chi connectivity index (χ4v) is 2.57. The van der Waals surface area contributed by atoms with Crippen LogP contribution in [0.25, 0.3) is 11.6 Å². The van der Waals surface area contributed by atoms with Gasteiger partial charge in [0.05, 0.1) is 11.2 Å². The van der Waals surface area contributed by atoms with Crippen LogP contribution in [0.15, 0.2) is 45.1 Å². The van der Waals surface area contributed by atoms with E-state index >= 15 is 0 Å². The topological polar surface area (TPSA) is 126 Å². The molecular formula is C12H10N6O3S. The number of hydrogen-bond donors (Lipinski definition) is 1. The summed E-state index contributed by atoms with van der Waals surface area (Å²) >= 11 is 1.16. The molecule has 3 heterocycles. The highest BCUT2D eigenvalue weighted by Crippen LogP contribution is 2.28. The molecule has 0 aliphatic heterocycles. The van der Waals surface area contributed by atoms with E-state index in [0.29, 0.717) is 27.5 Å². The number of rotatable bonds is 4. The summed E-state index contributed by atoms with van der Waals surface area (Å²) < 4.78 is 6.50. The standard InChI is InChI=1S/C12H10N6O3S/c1-7-8(18(19)20)4-5-10(14-7)22-12-16-15-11(17(12)13)9-3-2-6-21-9/h2-6H,13H2,1H3. The number of hydrogen-bond acceptors (Lipinski definition) is 8. The summed E-state index contributed by atoms with van der Waals surface area (Å²) in [5.41, 5.74) is 0.291. The molecule has 3 aromatic rings. The van der Waals surface area contributed by atoms with E-state index < -0.39 is 4.92 Å². The molecule has 0 radical (unpaired) electrons. The van der Waals surface area contributed by atoms with Crippen LogP contribution in [0.3, 0.4) is 0 Å². The highest BCUT2D eigenvalue weighted by atomic mass is 32.2. The Morgan fingerprint density at radius 2 is 2.18 bits per heavy atom. The van der Waals surface area contributed by atoms with Gasteiger partial charge in [0.1, 0.15) is 10.7 Å². The summed E-state index contributed by atoms with van der Waals surface area (Å²) in [7, 11) is 0. The Balaban J connectivity index is 1.88. The second-order valence-electron chi connectivity index (χ2n) is 4.27. The second-order valence-corrected chi connectivity index (χ2v) is 5.25. The zero-order valence-corrected chi connectivity index (χ0v) is 12.1. The zero-order chi connectivity index (χ0) is 15.7. The van der Waals surface area contributed by atoms with Gasteiger partial charge in [-0.15, -0.1) is 10.2 Å². The molecule has 0 amide bonds. The smallest absolute Gasteiger partial charge is 0.290 e. The van der Waals surface area contributed by atoms with Crippen molar-refractivity contribution in [2.45, 2.75) is 17.1 Å². The van der Waals surface area contributed by atoms with Crippen molar-refractivity contribution >= 4 is 17.4 Å². The average molecular weight is 318 g/mol. The van der Waals surface area contributed by atoms with Crippen molar-refractivity contribution in [1.82, 2.24) is 19.9 Å². The van der Waals surface area contributed by atoms with Gasteiger partial charge in [0.2, 0.25) is 11.0 Å². The summed E-state index contributed by atoms with van der Waals surface area (Å²) in [4.78, 5) is 14.5. The Hall–Kier alpha value is -2.88. The number of nitro groups is 1. The molecule has 3 rings (SSSR count). The molecule has 112 valence electrons. The quantitative estimate of drug-likeness (QED) is 0.440. The summed E-state index contributed by atoms with van der Waals surface area (Å²) in [6.07, 6.45) is 1.51. The van der Waals surface area contributed by atoms with Crippen LogP contribution in [0.1, 0.15) is 5.69 Å². The third kappa shape index (κ3) is 2.51. The first-order chi connectivity index (χ1) is 10.6. The van der Waals surface area contributed by atoms with Crippen LogP contribution < -0.4 is 5.84 Å². The summed E-state index contributed by atoms with van der Waals surface area (Å²) in [6.45, 7) is 1.57. The minimum Gasteiger partial charge on any atom is -0.461 e.